The second kappa shape index (κ2) is 16.6. The van der Waals surface area contributed by atoms with Crippen molar-refractivity contribution in [3.05, 3.63) is 108 Å². The molecular formula is C32H36N2O7. The normalized spacial score (nSPS) is 12.0. The second-order valence-corrected chi connectivity index (χ2v) is 9.39. The number of amides is 1. The molecule has 0 aliphatic heterocycles. The number of rotatable bonds is 15. The molecule has 0 fully saturated rings. The highest BCUT2D eigenvalue weighted by atomic mass is 16.5. The van der Waals surface area contributed by atoms with E-state index in [-0.39, 0.29) is 45.5 Å². The van der Waals surface area contributed by atoms with Crippen molar-refractivity contribution < 1.29 is 33.4 Å². The van der Waals surface area contributed by atoms with E-state index in [2.05, 4.69) is 0 Å². The monoisotopic (exact) mass is 560 g/mol. The van der Waals surface area contributed by atoms with Gasteiger partial charge in [-0.25, -0.2) is 10.6 Å². The molecule has 2 atom stereocenters. The Hall–Kier alpha value is -4.50. The first kappa shape index (κ1) is 31.0. The van der Waals surface area contributed by atoms with Crippen LogP contribution < -0.4 is 5.84 Å². The van der Waals surface area contributed by atoms with Crippen molar-refractivity contribution in [2.75, 3.05) is 6.61 Å². The summed E-state index contributed by atoms with van der Waals surface area (Å²) in [5.41, 5.74) is 2.35. The molecule has 216 valence electrons. The largest absolute Gasteiger partial charge is 0.464 e. The van der Waals surface area contributed by atoms with E-state index in [1.54, 1.807) is 43.3 Å². The van der Waals surface area contributed by atoms with E-state index in [1.807, 2.05) is 54.6 Å². The predicted molar refractivity (Wildman–Crippen MR) is 151 cm³/mol. The van der Waals surface area contributed by atoms with Gasteiger partial charge in [-0.3, -0.25) is 19.4 Å². The van der Waals surface area contributed by atoms with Gasteiger partial charge in [0.25, 0.3) is 5.91 Å². The molecule has 0 bridgehead atoms. The minimum Gasteiger partial charge on any atom is -0.464 e. The van der Waals surface area contributed by atoms with Gasteiger partial charge in [0.2, 0.25) is 0 Å². The lowest BCUT2D eigenvalue weighted by Crippen LogP contribution is -2.54. The lowest BCUT2D eigenvalue weighted by molar-refractivity contribution is -0.164. The van der Waals surface area contributed by atoms with Crippen molar-refractivity contribution >= 4 is 23.8 Å². The third-order valence-electron chi connectivity index (χ3n) is 6.34. The maximum Gasteiger partial charge on any atom is 0.330 e. The van der Waals surface area contributed by atoms with Crippen molar-refractivity contribution in [3.8, 4) is 0 Å². The summed E-state index contributed by atoms with van der Waals surface area (Å²) in [7, 11) is 0. The van der Waals surface area contributed by atoms with Gasteiger partial charge in [-0.1, -0.05) is 91.0 Å². The van der Waals surface area contributed by atoms with Crippen molar-refractivity contribution in [1.29, 1.82) is 0 Å². The minimum absolute atomic E-state index is 0.0154. The Morgan fingerprint density at radius 3 is 1.76 bits per heavy atom. The van der Waals surface area contributed by atoms with Gasteiger partial charge in [0.15, 0.2) is 0 Å². The summed E-state index contributed by atoms with van der Waals surface area (Å²) in [5.74, 6) is 2.14. The van der Waals surface area contributed by atoms with E-state index in [1.165, 1.54) is 0 Å². The number of carbonyl (C=O) groups is 4. The Labute approximate surface area is 240 Å². The maximum atomic E-state index is 13.6. The fraction of sp³-hybridized carbons (Fsp3) is 0.312. The zero-order valence-corrected chi connectivity index (χ0v) is 23.1. The number of benzene rings is 3. The van der Waals surface area contributed by atoms with Gasteiger partial charge in [0.05, 0.1) is 6.61 Å². The predicted octanol–water partition coefficient (Wildman–Crippen LogP) is 4.14. The average Bonchev–Trinajstić information content (AvgIpc) is 3.00. The number of nitrogens with two attached hydrogens (primary N) is 1. The van der Waals surface area contributed by atoms with Crippen molar-refractivity contribution in [2.45, 2.75) is 51.9 Å². The molecule has 0 spiro atoms. The fourth-order valence-corrected chi connectivity index (χ4v) is 4.14. The molecule has 2 unspecified atom stereocenters. The van der Waals surface area contributed by atoms with Crippen LogP contribution in [-0.4, -0.2) is 41.5 Å². The quantitative estimate of drug-likeness (QED) is 0.0734. The maximum absolute atomic E-state index is 13.6. The van der Waals surface area contributed by atoms with Gasteiger partial charge in [0.1, 0.15) is 25.2 Å². The smallest absolute Gasteiger partial charge is 0.330 e. The molecule has 3 aromatic rings. The van der Waals surface area contributed by atoms with Gasteiger partial charge < -0.3 is 14.2 Å². The summed E-state index contributed by atoms with van der Waals surface area (Å²) in [4.78, 5) is 51.9. The van der Waals surface area contributed by atoms with Crippen molar-refractivity contribution in [2.24, 2.45) is 11.8 Å². The van der Waals surface area contributed by atoms with Crippen LogP contribution in [0.2, 0.25) is 0 Å². The van der Waals surface area contributed by atoms with E-state index in [9.17, 15) is 19.2 Å². The summed E-state index contributed by atoms with van der Waals surface area (Å²) in [6, 6.07) is 26.2. The molecule has 9 nitrogen and oxygen atoms in total. The molecule has 41 heavy (non-hydrogen) atoms. The van der Waals surface area contributed by atoms with E-state index >= 15 is 0 Å². The molecule has 0 saturated carbocycles. The van der Waals surface area contributed by atoms with Crippen LogP contribution >= 0.6 is 0 Å². The van der Waals surface area contributed by atoms with Crippen LogP contribution in [0.5, 0.6) is 0 Å². The van der Waals surface area contributed by atoms with Crippen LogP contribution in [0.1, 0.15) is 42.9 Å². The molecule has 0 aliphatic rings. The Morgan fingerprint density at radius 2 is 1.22 bits per heavy atom. The third kappa shape index (κ3) is 10.2. The van der Waals surface area contributed by atoms with Crippen LogP contribution in [0.15, 0.2) is 91.0 Å². The highest BCUT2D eigenvalue weighted by Gasteiger charge is 2.37. The lowest BCUT2D eigenvalue weighted by atomic mass is 9.98. The van der Waals surface area contributed by atoms with Crippen LogP contribution in [-0.2, 0) is 53.0 Å². The van der Waals surface area contributed by atoms with Gasteiger partial charge in [0, 0.05) is 12.8 Å². The molecule has 0 aliphatic carbocycles. The molecule has 0 saturated heterocycles. The van der Waals surface area contributed by atoms with E-state index < -0.39 is 35.8 Å². The molecular weight excluding hydrogens is 524 g/mol. The van der Waals surface area contributed by atoms with Crippen LogP contribution in [0.25, 0.3) is 0 Å². The SMILES string of the molecule is CCOC(=O)C(Cc1ccccc1)N(N)C(=O)C(CCCC(=O)OCc1ccccc1)C(=O)OCc1ccccc1. The molecule has 0 aromatic heterocycles. The summed E-state index contributed by atoms with van der Waals surface area (Å²) in [6.45, 7) is 1.83. The van der Waals surface area contributed by atoms with Crippen molar-refractivity contribution in [1.82, 2.24) is 5.01 Å². The Bertz CT molecular complexity index is 1250. The topological polar surface area (TPSA) is 125 Å². The molecule has 1 amide bonds. The van der Waals surface area contributed by atoms with E-state index in [0.29, 0.717) is 0 Å². The Kier molecular flexibility index (Phi) is 12.5. The first-order valence-electron chi connectivity index (χ1n) is 13.6. The number of carbonyl (C=O) groups excluding carboxylic acids is 4. The fourth-order valence-electron chi connectivity index (χ4n) is 4.14. The number of ether oxygens (including phenoxy) is 3. The lowest BCUT2D eigenvalue weighted by Gasteiger charge is -2.28. The van der Waals surface area contributed by atoms with Crippen molar-refractivity contribution in [3.63, 3.8) is 0 Å². The van der Waals surface area contributed by atoms with Gasteiger partial charge in [-0.05, 0) is 36.5 Å². The molecule has 9 heteroatoms. The number of nitrogens with zero attached hydrogens (tertiary/aromatic N) is 1. The highest BCUT2D eigenvalue weighted by molar-refractivity contribution is 5.99. The molecule has 0 heterocycles. The minimum atomic E-state index is -1.33. The Balaban J connectivity index is 1.70. The Morgan fingerprint density at radius 1 is 0.707 bits per heavy atom. The van der Waals surface area contributed by atoms with Crippen LogP contribution in [0.4, 0.5) is 0 Å². The summed E-state index contributed by atoms with van der Waals surface area (Å²) in [6.07, 6.45) is 0.223. The van der Waals surface area contributed by atoms with Gasteiger partial charge in [-0.15, -0.1) is 0 Å². The highest BCUT2D eigenvalue weighted by Crippen LogP contribution is 2.19. The molecule has 2 N–H and O–H groups in total. The van der Waals surface area contributed by atoms with Gasteiger partial charge in [-0.2, -0.15) is 0 Å². The number of hydrazine groups is 1. The number of hydrogen-bond donors (Lipinski definition) is 1. The zero-order chi connectivity index (χ0) is 29.5. The summed E-state index contributed by atoms with van der Waals surface area (Å²) >= 11 is 0. The third-order valence-corrected chi connectivity index (χ3v) is 6.34. The summed E-state index contributed by atoms with van der Waals surface area (Å²) < 4.78 is 15.9. The van der Waals surface area contributed by atoms with Gasteiger partial charge >= 0.3 is 17.9 Å². The first-order valence-corrected chi connectivity index (χ1v) is 13.6. The molecule has 3 aromatic carbocycles. The van der Waals surface area contributed by atoms with Crippen LogP contribution in [0, 0.1) is 5.92 Å². The first-order chi connectivity index (χ1) is 19.9. The second-order valence-electron chi connectivity index (χ2n) is 9.39. The number of esters is 3. The zero-order valence-electron chi connectivity index (χ0n) is 23.1. The van der Waals surface area contributed by atoms with Crippen LogP contribution in [0.3, 0.4) is 0 Å². The summed E-state index contributed by atoms with van der Waals surface area (Å²) in [5, 5.41) is 0.757. The average molecular weight is 561 g/mol. The van der Waals surface area contributed by atoms with E-state index in [4.69, 9.17) is 20.1 Å². The molecule has 0 radical (unpaired) electrons. The standard InChI is InChI=1S/C32H36N2O7/c1-2-39-32(38)28(21-24-13-6-3-7-14-24)34(33)30(36)27(31(37)41-23-26-17-10-5-11-18-26)19-12-20-29(35)40-22-25-15-8-4-9-16-25/h3-11,13-18,27-28H,2,12,19-23,33H2,1H3. The number of hydrogen-bond acceptors (Lipinski definition) is 8. The van der Waals surface area contributed by atoms with E-state index in [0.717, 1.165) is 21.7 Å². The molecule has 3 rings (SSSR count).